The zero-order valence-corrected chi connectivity index (χ0v) is 17.4. The fourth-order valence-electron chi connectivity index (χ4n) is 6.50. The summed E-state index contributed by atoms with van der Waals surface area (Å²) in [5, 5.41) is 3.02. The van der Waals surface area contributed by atoms with Crippen molar-refractivity contribution in [3.05, 3.63) is 0 Å². The lowest BCUT2D eigenvalue weighted by Gasteiger charge is -2.55. The smallest absolute Gasteiger partial charge is 0.315 e. The van der Waals surface area contributed by atoms with Crippen molar-refractivity contribution in [1.82, 2.24) is 10.2 Å². The van der Waals surface area contributed by atoms with Gasteiger partial charge in [-0.15, -0.1) is 0 Å². The molecule has 4 bridgehead atoms. The van der Waals surface area contributed by atoms with Crippen LogP contribution in [0.5, 0.6) is 0 Å². The van der Waals surface area contributed by atoms with Crippen LogP contribution in [0.3, 0.4) is 0 Å². The zero-order chi connectivity index (χ0) is 20.4. The first-order chi connectivity index (χ1) is 13.9. The monoisotopic (exact) mass is 405 g/mol. The van der Waals surface area contributed by atoms with Crippen molar-refractivity contribution in [1.29, 1.82) is 0 Å². The van der Waals surface area contributed by atoms with Gasteiger partial charge in [0.05, 0.1) is 0 Å². The van der Waals surface area contributed by atoms with Crippen LogP contribution in [-0.2, 0) is 19.1 Å². The number of hydrogen-bond acceptors (Lipinski definition) is 5. The average molecular weight is 406 g/mol. The fraction of sp³-hybridized carbons (Fsp3) is 0.864. The molecule has 162 valence electrons. The van der Waals surface area contributed by atoms with Gasteiger partial charge in [-0.3, -0.25) is 14.4 Å². The zero-order valence-electron chi connectivity index (χ0n) is 17.4. The molecular weight excluding hydrogens is 370 g/mol. The van der Waals surface area contributed by atoms with E-state index in [0.717, 1.165) is 32.1 Å². The molecule has 7 nitrogen and oxygen atoms in total. The van der Waals surface area contributed by atoms with Crippen molar-refractivity contribution in [2.45, 2.75) is 82.3 Å². The van der Waals surface area contributed by atoms with E-state index in [-0.39, 0.29) is 35.8 Å². The Morgan fingerprint density at radius 2 is 1.59 bits per heavy atom. The van der Waals surface area contributed by atoms with Crippen molar-refractivity contribution in [3.63, 3.8) is 0 Å². The van der Waals surface area contributed by atoms with Crippen LogP contribution >= 0.6 is 0 Å². The lowest BCUT2D eigenvalue weighted by atomic mass is 9.54. The van der Waals surface area contributed by atoms with Crippen LogP contribution in [-0.4, -0.2) is 54.0 Å². The Kier molecular flexibility index (Phi) is 6.13. The molecule has 29 heavy (non-hydrogen) atoms. The molecule has 0 aromatic heterocycles. The first kappa shape index (κ1) is 20.6. The summed E-state index contributed by atoms with van der Waals surface area (Å²) in [6.45, 7) is 1.66. The molecule has 1 heterocycles. The van der Waals surface area contributed by atoms with Crippen molar-refractivity contribution >= 4 is 17.8 Å². The number of carbonyl (C=O) groups excluding carboxylic acids is 3. The highest BCUT2D eigenvalue weighted by atomic mass is 16.6. The third-order valence-electron chi connectivity index (χ3n) is 7.43. The number of likely N-dealkylation sites (tertiary alicyclic amines) is 1. The van der Waals surface area contributed by atoms with Gasteiger partial charge in [0.2, 0.25) is 11.8 Å². The molecule has 1 saturated heterocycles. The molecule has 0 unspecified atom stereocenters. The van der Waals surface area contributed by atoms with Crippen LogP contribution in [0.1, 0.15) is 70.6 Å². The van der Waals surface area contributed by atoms with Gasteiger partial charge in [0.15, 0.2) is 0 Å². The molecule has 5 aliphatic rings. The molecule has 0 aromatic rings. The van der Waals surface area contributed by atoms with Gasteiger partial charge in [0, 0.05) is 25.6 Å². The average Bonchev–Trinajstić information content (AvgIpc) is 2.65. The van der Waals surface area contributed by atoms with Gasteiger partial charge in [-0.1, -0.05) is 0 Å². The molecule has 5 fully saturated rings. The Morgan fingerprint density at radius 3 is 2.14 bits per heavy atom. The van der Waals surface area contributed by atoms with Crippen molar-refractivity contribution < 1.29 is 19.1 Å². The highest BCUT2D eigenvalue weighted by molar-refractivity contribution is 5.94. The number of rotatable bonds is 7. The quantitative estimate of drug-likeness (QED) is 0.496. The molecule has 3 N–H and O–H groups in total. The van der Waals surface area contributed by atoms with E-state index in [1.807, 2.05) is 0 Å². The minimum absolute atomic E-state index is 0.0272. The predicted molar refractivity (Wildman–Crippen MR) is 108 cm³/mol. The second-order valence-corrected chi connectivity index (χ2v) is 9.87. The SMILES string of the molecule is NCCCC(=O)NC1CCN(C(=O)CC(=O)OC23CC4CC(CC(C4)C2)C3)CC1. The van der Waals surface area contributed by atoms with Crippen LogP contribution in [0.2, 0.25) is 0 Å². The Hall–Kier alpha value is -1.63. The van der Waals surface area contributed by atoms with E-state index >= 15 is 0 Å². The molecule has 0 atom stereocenters. The first-order valence-electron chi connectivity index (χ1n) is 11.4. The van der Waals surface area contributed by atoms with Gasteiger partial charge < -0.3 is 20.7 Å². The van der Waals surface area contributed by atoms with E-state index in [1.165, 1.54) is 19.3 Å². The van der Waals surface area contributed by atoms with Gasteiger partial charge in [0.1, 0.15) is 12.0 Å². The first-order valence-corrected chi connectivity index (χ1v) is 11.4. The highest BCUT2D eigenvalue weighted by Gasteiger charge is 2.53. The number of nitrogens with zero attached hydrogens (tertiary/aromatic N) is 1. The van der Waals surface area contributed by atoms with Crippen LogP contribution in [0.15, 0.2) is 0 Å². The number of nitrogens with one attached hydrogen (secondary N) is 1. The molecule has 4 saturated carbocycles. The number of piperidine rings is 1. The standard InChI is InChI=1S/C22H35N3O4/c23-5-1-2-19(26)24-18-3-6-25(7-4-18)20(27)11-21(28)29-22-12-15-8-16(13-22)10-17(9-15)14-22/h15-18H,1-14,23H2,(H,24,26). The largest absolute Gasteiger partial charge is 0.459 e. The molecule has 0 radical (unpaired) electrons. The molecular formula is C22H35N3O4. The fourth-order valence-corrected chi connectivity index (χ4v) is 6.50. The van der Waals surface area contributed by atoms with Gasteiger partial charge in [-0.05, 0) is 82.1 Å². The van der Waals surface area contributed by atoms with Crippen molar-refractivity contribution in [2.75, 3.05) is 19.6 Å². The van der Waals surface area contributed by atoms with Crippen LogP contribution in [0.25, 0.3) is 0 Å². The number of esters is 1. The number of ether oxygens (including phenoxy) is 1. The summed E-state index contributed by atoms with van der Waals surface area (Å²) in [6.07, 6.45) is 9.31. The number of hydrogen-bond donors (Lipinski definition) is 2. The molecule has 0 aromatic carbocycles. The minimum atomic E-state index is -0.353. The van der Waals surface area contributed by atoms with E-state index < -0.39 is 0 Å². The summed E-state index contributed by atoms with van der Waals surface area (Å²) in [6, 6.07) is 0.100. The van der Waals surface area contributed by atoms with Gasteiger partial charge in [-0.2, -0.15) is 0 Å². The van der Waals surface area contributed by atoms with Crippen molar-refractivity contribution in [3.8, 4) is 0 Å². The third kappa shape index (κ3) is 4.93. The van der Waals surface area contributed by atoms with E-state index in [2.05, 4.69) is 5.32 Å². The number of nitrogens with two attached hydrogens (primary N) is 1. The minimum Gasteiger partial charge on any atom is -0.459 e. The van der Waals surface area contributed by atoms with E-state index in [4.69, 9.17) is 10.5 Å². The third-order valence-corrected chi connectivity index (χ3v) is 7.43. The predicted octanol–water partition coefficient (Wildman–Crippen LogP) is 1.73. The molecule has 2 amide bonds. The summed E-state index contributed by atoms with van der Waals surface area (Å²) in [4.78, 5) is 38.7. The van der Waals surface area contributed by atoms with Crippen molar-refractivity contribution in [2.24, 2.45) is 23.5 Å². The summed E-state index contributed by atoms with van der Waals surface area (Å²) in [5.41, 5.74) is 5.15. The second-order valence-electron chi connectivity index (χ2n) is 9.87. The summed E-state index contributed by atoms with van der Waals surface area (Å²) in [7, 11) is 0. The summed E-state index contributed by atoms with van der Waals surface area (Å²) in [5.74, 6) is 1.66. The van der Waals surface area contributed by atoms with E-state index in [0.29, 0.717) is 50.2 Å². The van der Waals surface area contributed by atoms with Gasteiger partial charge >= 0.3 is 5.97 Å². The topological polar surface area (TPSA) is 102 Å². The van der Waals surface area contributed by atoms with Crippen LogP contribution < -0.4 is 11.1 Å². The number of carbonyl (C=O) groups is 3. The summed E-state index contributed by atoms with van der Waals surface area (Å²) < 4.78 is 5.97. The normalized spacial score (nSPS) is 33.6. The number of amides is 2. The van der Waals surface area contributed by atoms with E-state index in [9.17, 15) is 14.4 Å². The maximum Gasteiger partial charge on any atom is 0.315 e. The highest BCUT2D eigenvalue weighted by Crippen LogP contribution is 2.57. The molecule has 1 aliphatic heterocycles. The molecule has 5 rings (SSSR count). The summed E-state index contributed by atoms with van der Waals surface area (Å²) >= 11 is 0. The maximum atomic E-state index is 12.6. The van der Waals surface area contributed by atoms with E-state index in [1.54, 1.807) is 4.90 Å². The molecule has 0 spiro atoms. The Labute approximate surface area is 173 Å². The second kappa shape index (κ2) is 8.62. The lowest BCUT2D eigenvalue weighted by Crippen LogP contribution is -2.53. The maximum absolute atomic E-state index is 12.6. The Bertz CT molecular complexity index is 607. The lowest BCUT2D eigenvalue weighted by molar-refractivity contribution is -0.187. The van der Waals surface area contributed by atoms with Crippen LogP contribution in [0.4, 0.5) is 0 Å². The molecule has 4 aliphatic carbocycles. The van der Waals surface area contributed by atoms with Crippen LogP contribution in [0, 0.1) is 17.8 Å². The van der Waals surface area contributed by atoms with Gasteiger partial charge in [-0.25, -0.2) is 0 Å². The molecule has 7 heteroatoms. The Morgan fingerprint density at radius 1 is 1.00 bits per heavy atom. The Balaban J connectivity index is 1.20. The van der Waals surface area contributed by atoms with Gasteiger partial charge in [0.25, 0.3) is 0 Å².